The lowest BCUT2D eigenvalue weighted by Crippen LogP contribution is -2.38. The molecule has 0 saturated carbocycles. The third-order valence-corrected chi connectivity index (χ3v) is 5.16. The summed E-state index contributed by atoms with van der Waals surface area (Å²) in [4.78, 5) is 12.4. The van der Waals surface area contributed by atoms with E-state index in [9.17, 15) is 17.6 Å². The van der Waals surface area contributed by atoms with Gasteiger partial charge in [0.2, 0.25) is 15.9 Å². The standard InChI is InChI=1S/C19H23FN2O3S/c1-4-14-9-8-10-15(5-2)19(14)22(26(3,24)25)13-18(23)21-17-12-7-6-11-16(17)20/h6-12H,4-5,13H2,1-3H3,(H,21,23). The Labute approximate surface area is 153 Å². The number of halogens is 1. The smallest absolute Gasteiger partial charge is 0.245 e. The molecular weight excluding hydrogens is 355 g/mol. The maximum atomic E-state index is 13.7. The summed E-state index contributed by atoms with van der Waals surface area (Å²) in [5, 5.41) is 2.44. The molecule has 140 valence electrons. The zero-order valence-corrected chi connectivity index (χ0v) is 15.9. The molecule has 0 unspecified atom stereocenters. The zero-order valence-electron chi connectivity index (χ0n) is 15.1. The van der Waals surface area contributed by atoms with Gasteiger partial charge in [0.05, 0.1) is 17.6 Å². The van der Waals surface area contributed by atoms with Crippen LogP contribution in [0.4, 0.5) is 15.8 Å². The first-order valence-corrected chi connectivity index (χ1v) is 10.3. The summed E-state index contributed by atoms with van der Waals surface area (Å²) in [5.41, 5.74) is 2.23. The molecule has 0 aliphatic rings. The quantitative estimate of drug-likeness (QED) is 0.803. The van der Waals surface area contributed by atoms with Crippen molar-refractivity contribution in [2.45, 2.75) is 26.7 Å². The van der Waals surface area contributed by atoms with E-state index in [2.05, 4.69) is 5.32 Å². The Kier molecular flexibility index (Phi) is 6.37. The van der Waals surface area contributed by atoms with E-state index in [0.29, 0.717) is 18.5 Å². The van der Waals surface area contributed by atoms with Crippen LogP contribution in [0.3, 0.4) is 0 Å². The van der Waals surface area contributed by atoms with Crippen LogP contribution in [0.1, 0.15) is 25.0 Å². The number of aryl methyl sites for hydroxylation is 2. The van der Waals surface area contributed by atoms with Crippen LogP contribution in [-0.4, -0.2) is 27.1 Å². The van der Waals surface area contributed by atoms with Crippen LogP contribution in [0.25, 0.3) is 0 Å². The fraction of sp³-hybridized carbons (Fsp3) is 0.316. The molecule has 1 amide bonds. The largest absolute Gasteiger partial charge is 0.322 e. The van der Waals surface area contributed by atoms with Gasteiger partial charge >= 0.3 is 0 Å². The molecule has 2 aromatic carbocycles. The topological polar surface area (TPSA) is 66.5 Å². The molecule has 0 aliphatic heterocycles. The minimum atomic E-state index is -3.70. The molecule has 0 bridgehead atoms. The fourth-order valence-electron chi connectivity index (χ4n) is 2.78. The van der Waals surface area contributed by atoms with E-state index in [1.807, 2.05) is 32.0 Å². The minimum absolute atomic E-state index is 0.0189. The number of amides is 1. The van der Waals surface area contributed by atoms with Crippen LogP contribution in [0.2, 0.25) is 0 Å². The number of sulfonamides is 1. The fourth-order valence-corrected chi connectivity index (χ4v) is 3.70. The van der Waals surface area contributed by atoms with Gasteiger partial charge in [-0.3, -0.25) is 9.10 Å². The van der Waals surface area contributed by atoms with E-state index in [1.54, 1.807) is 6.07 Å². The minimum Gasteiger partial charge on any atom is -0.322 e. The van der Waals surface area contributed by atoms with Gasteiger partial charge in [-0.05, 0) is 36.1 Å². The molecule has 0 spiro atoms. The summed E-state index contributed by atoms with van der Waals surface area (Å²) in [5.74, 6) is -1.18. The molecule has 0 aromatic heterocycles. The lowest BCUT2D eigenvalue weighted by atomic mass is 10.0. The number of nitrogens with zero attached hydrogens (tertiary/aromatic N) is 1. The number of carbonyl (C=O) groups excluding carboxylic acids is 1. The van der Waals surface area contributed by atoms with Crippen molar-refractivity contribution in [2.75, 3.05) is 22.4 Å². The van der Waals surface area contributed by atoms with E-state index < -0.39 is 28.3 Å². The van der Waals surface area contributed by atoms with Gasteiger partial charge in [-0.15, -0.1) is 0 Å². The van der Waals surface area contributed by atoms with E-state index >= 15 is 0 Å². The maximum absolute atomic E-state index is 13.7. The van der Waals surface area contributed by atoms with Crippen molar-refractivity contribution in [1.29, 1.82) is 0 Å². The van der Waals surface area contributed by atoms with Crippen molar-refractivity contribution in [3.8, 4) is 0 Å². The molecule has 5 nitrogen and oxygen atoms in total. The first-order valence-electron chi connectivity index (χ1n) is 8.40. The number of carbonyl (C=O) groups is 1. The Morgan fingerprint density at radius 1 is 1.04 bits per heavy atom. The number of anilines is 2. The van der Waals surface area contributed by atoms with Crippen LogP contribution in [0, 0.1) is 5.82 Å². The Hall–Kier alpha value is -2.41. The van der Waals surface area contributed by atoms with Gasteiger partial charge < -0.3 is 5.32 Å². The highest BCUT2D eigenvalue weighted by molar-refractivity contribution is 7.92. The summed E-state index contributed by atoms with van der Waals surface area (Å²) in [7, 11) is -3.70. The second kappa shape index (κ2) is 8.31. The van der Waals surface area contributed by atoms with Gasteiger partial charge in [0.1, 0.15) is 12.4 Å². The molecule has 26 heavy (non-hydrogen) atoms. The molecule has 2 rings (SSSR count). The molecule has 2 aromatic rings. The van der Waals surface area contributed by atoms with Crippen molar-refractivity contribution in [1.82, 2.24) is 0 Å². The van der Waals surface area contributed by atoms with Crippen molar-refractivity contribution in [3.63, 3.8) is 0 Å². The lowest BCUT2D eigenvalue weighted by molar-refractivity contribution is -0.114. The third-order valence-electron chi connectivity index (χ3n) is 4.05. The normalized spacial score (nSPS) is 11.2. The van der Waals surface area contributed by atoms with Crippen LogP contribution < -0.4 is 9.62 Å². The first-order chi connectivity index (χ1) is 12.3. The number of para-hydroxylation sites is 2. The SMILES string of the molecule is CCc1cccc(CC)c1N(CC(=O)Nc1ccccc1F)S(C)(=O)=O. The van der Waals surface area contributed by atoms with Gasteiger partial charge in [-0.1, -0.05) is 44.2 Å². The highest BCUT2D eigenvalue weighted by atomic mass is 32.2. The predicted molar refractivity (Wildman–Crippen MR) is 102 cm³/mol. The van der Waals surface area contributed by atoms with Gasteiger partial charge in [-0.25, -0.2) is 12.8 Å². The average molecular weight is 378 g/mol. The predicted octanol–water partition coefficient (Wildman–Crippen LogP) is 3.36. The number of hydrogen-bond donors (Lipinski definition) is 1. The molecule has 1 N–H and O–H groups in total. The van der Waals surface area contributed by atoms with Crippen molar-refractivity contribution in [3.05, 3.63) is 59.4 Å². The molecular formula is C19H23FN2O3S. The number of rotatable bonds is 7. The van der Waals surface area contributed by atoms with Crippen LogP contribution >= 0.6 is 0 Å². The lowest BCUT2D eigenvalue weighted by Gasteiger charge is -2.26. The van der Waals surface area contributed by atoms with Gasteiger partial charge in [0, 0.05) is 0 Å². The van der Waals surface area contributed by atoms with Gasteiger partial charge in [0.15, 0.2) is 0 Å². The molecule has 7 heteroatoms. The van der Waals surface area contributed by atoms with Crippen LogP contribution in [0.15, 0.2) is 42.5 Å². The van der Waals surface area contributed by atoms with E-state index in [1.165, 1.54) is 18.2 Å². The Balaban J connectivity index is 2.39. The van der Waals surface area contributed by atoms with E-state index in [0.717, 1.165) is 21.7 Å². The Bertz CT molecular complexity index is 875. The first kappa shape index (κ1) is 19.9. The van der Waals surface area contributed by atoms with Gasteiger partial charge in [-0.2, -0.15) is 0 Å². The summed E-state index contributed by atoms with van der Waals surface area (Å²) in [6.07, 6.45) is 2.32. The molecule has 0 heterocycles. The van der Waals surface area contributed by atoms with E-state index in [4.69, 9.17) is 0 Å². The number of benzene rings is 2. The maximum Gasteiger partial charge on any atom is 0.245 e. The summed E-state index contributed by atoms with van der Waals surface area (Å²) in [6, 6.07) is 11.3. The average Bonchev–Trinajstić information content (AvgIpc) is 2.60. The third kappa shape index (κ3) is 4.60. The van der Waals surface area contributed by atoms with Gasteiger partial charge in [0.25, 0.3) is 0 Å². The summed E-state index contributed by atoms with van der Waals surface area (Å²) in [6.45, 7) is 3.44. The van der Waals surface area contributed by atoms with E-state index in [-0.39, 0.29) is 5.69 Å². The second-order valence-electron chi connectivity index (χ2n) is 5.93. The second-order valence-corrected chi connectivity index (χ2v) is 7.84. The van der Waals surface area contributed by atoms with Crippen LogP contribution in [-0.2, 0) is 27.7 Å². The molecule has 0 fully saturated rings. The van der Waals surface area contributed by atoms with Crippen molar-refractivity contribution >= 4 is 27.3 Å². The zero-order chi connectivity index (χ0) is 19.3. The van der Waals surface area contributed by atoms with Crippen molar-refractivity contribution in [2.24, 2.45) is 0 Å². The highest BCUT2D eigenvalue weighted by Crippen LogP contribution is 2.29. The number of nitrogens with one attached hydrogen (secondary N) is 1. The Morgan fingerprint density at radius 2 is 1.62 bits per heavy atom. The van der Waals surface area contributed by atoms with Crippen LogP contribution in [0.5, 0.6) is 0 Å². The highest BCUT2D eigenvalue weighted by Gasteiger charge is 2.25. The monoisotopic (exact) mass is 378 g/mol. The molecule has 0 aliphatic carbocycles. The molecule has 0 saturated heterocycles. The summed E-state index contributed by atoms with van der Waals surface area (Å²) >= 11 is 0. The van der Waals surface area contributed by atoms with Crippen molar-refractivity contribution < 1.29 is 17.6 Å². The molecule has 0 atom stereocenters. The number of hydrogen-bond acceptors (Lipinski definition) is 3. The summed E-state index contributed by atoms with van der Waals surface area (Å²) < 4.78 is 39.6. The Morgan fingerprint density at radius 3 is 2.12 bits per heavy atom. The molecule has 0 radical (unpaired) electrons.